The predicted molar refractivity (Wildman–Crippen MR) is 81.0 cm³/mol. The first-order valence-electron chi connectivity index (χ1n) is 6.71. The van der Waals surface area contributed by atoms with Gasteiger partial charge in [0.25, 0.3) is 5.91 Å². The fraction of sp³-hybridized carbons (Fsp3) is 0.235. The number of rotatable bonds is 4. The second-order valence-electron chi connectivity index (χ2n) is 4.92. The Morgan fingerprint density at radius 1 is 1.24 bits per heavy atom. The minimum atomic E-state index is -0.317. The zero-order chi connectivity index (χ0) is 15.4. The molecule has 0 saturated heterocycles. The predicted octanol–water partition coefficient (Wildman–Crippen LogP) is 4.09. The Morgan fingerprint density at radius 3 is 2.67 bits per heavy atom. The molecule has 21 heavy (non-hydrogen) atoms. The van der Waals surface area contributed by atoms with Gasteiger partial charge in [0.15, 0.2) is 0 Å². The Morgan fingerprint density at radius 2 is 2.00 bits per heavy atom. The number of nitrogens with one attached hydrogen (secondary N) is 1. The molecule has 1 N–H and O–H groups in total. The second kappa shape index (κ2) is 6.50. The van der Waals surface area contributed by atoms with Gasteiger partial charge in [0.1, 0.15) is 5.82 Å². The van der Waals surface area contributed by atoms with E-state index in [-0.39, 0.29) is 17.8 Å². The Balaban J connectivity index is 2.17. The van der Waals surface area contributed by atoms with Crippen LogP contribution in [0.15, 0.2) is 42.5 Å². The number of hydrogen-bond acceptors (Lipinski definition) is 2. The summed E-state index contributed by atoms with van der Waals surface area (Å²) < 4.78 is 18.5. The van der Waals surface area contributed by atoms with Gasteiger partial charge in [0.05, 0.1) is 6.10 Å². The maximum Gasteiger partial charge on any atom is 0.255 e. The SMILES string of the molecule is COC(C)c1cccc(NC(=O)c2ccc(F)c(C)c2)c1. The van der Waals surface area contributed by atoms with Crippen molar-refractivity contribution in [1.82, 2.24) is 0 Å². The standard InChI is InChI=1S/C17H18FNO2/c1-11-9-14(7-8-16(11)18)17(20)19-15-6-4-5-13(10-15)12(2)21-3/h4-10,12H,1-3H3,(H,19,20). The van der Waals surface area contributed by atoms with Gasteiger partial charge in [-0.25, -0.2) is 4.39 Å². The second-order valence-corrected chi connectivity index (χ2v) is 4.92. The number of ether oxygens (including phenoxy) is 1. The molecule has 0 heterocycles. The topological polar surface area (TPSA) is 38.3 Å². The van der Waals surface area contributed by atoms with Gasteiger partial charge in [-0.1, -0.05) is 12.1 Å². The Bertz CT molecular complexity index is 655. The van der Waals surface area contributed by atoms with E-state index in [1.54, 1.807) is 20.1 Å². The maximum atomic E-state index is 13.2. The highest BCUT2D eigenvalue weighted by Gasteiger charge is 2.10. The molecule has 0 aliphatic heterocycles. The van der Waals surface area contributed by atoms with E-state index in [1.807, 2.05) is 25.1 Å². The van der Waals surface area contributed by atoms with E-state index in [0.717, 1.165) is 5.56 Å². The van der Waals surface area contributed by atoms with Gasteiger partial charge in [-0.2, -0.15) is 0 Å². The molecule has 2 rings (SSSR count). The molecular formula is C17H18FNO2. The summed E-state index contributed by atoms with van der Waals surface area (Å²) in [5.41, 5.74) is 2.54. The number of carbonyl (C=O) groups excluding carboxylic acids is 1. The van der Waals surface area contributed by atoms with Crippen molar-refractivity contribution in [1.29, 1.82) is 0 Å². The van der Waals surface area contributed by atoms with Crippen LogP contribution in [-0.2, 0) is 4.74 Å². The highest BCUT2D eigenvalue weighted by molar-refractivity contribution is 6.04. The van der Waals surface area contributed by atoms with Crippen LogP contribution >= 0.6 is 0 Å². The molecule has 0 bridgehead atoms. The molecule has 0 aliphatic carbocycles. The summed E-state index contributed by atoms with van der Waals surface area (Å²) in [7, 11) is 1.64. The minimum absolute atomic E-state index is 0.0464. The average molecular weight is 287 g/mol. The van der Waals surface area contributed by atoms with Crippen molar-refractivity contribution in [3.8, 4) is 0 Å². The van der Waals surface area contributed by atoms with E-state index in [4.69, 9.17) is 4.74 Å². The van der Waals surface area contributed by atoms with Crippen LogP contribution in [0.5, 0.6) is 0 Å². The van der Waals surface area contributed by atoms with E-state index in [1.165, 1.54) is 18.2 Å². The van der Waals surface area contributed by atoms with Gasteiger partial charge < -0.3 is 10.1 Å². The van der Waals surface area contributed by atoms with Crippen LogP contribution in [-0.4, -0.2) is 13.0 Å². The smallest absolute Gasteiger partial charge is 0.255 e. The fourth-order valence-electron chi connectivity index (χ4n) is 1.99. The molecule has 0 fully saturated rings. The molecule has 2 aromatic rings. The van der Waals surface area contributed by atoms with Crippen molar-refractivity contribution in [3.05, 3.63) is 65.0 Å². The molecule has 0 aromatic heterocycles. The Kier molecular flexibility index (Phi) is 4.70. The molecule has 3 nitrogen and oxygen atoms in total. The Hall–Kier alpha value is -2.20. The summed E-state index contributed by atoms with van der Waals surface area (Å²) in [5, 5.41) is 2.81. The first-order valence-corrected chi connectivity index (χ1v) is 6.71. The van der Waals surface area contributed by atoms with Gasteiger partial charge in [-0.3, -0.25) is 4.79 Å². The van der Waals surface area contributed by atoms with E-state index in [0.29, 0.717) is 16.8 Å². The van der Waals surface area contributed by atoms with Crippen LogP contribution in [0.1, 0.15) is 34.5 Å². The highest BCUT2D eigenvalue weighted by atomic mass is 19.1. The lowest BCUT2D eigenvalue weighted by Crippen LogP contribution is -2.12. The molecule has 110 valence electrons. The van der Waals surface area contributed by atoms with Crippen molar-refractivity contribution in [2.75, 3.05) is 12.4 Å². The van der Waals surface area contributed by atoms with Crippen molar-refractivity contribution < 1.29 is 13.9 Å². The lowest BCUT2D eigenvalue weighted by Gasteiger charge is -2.12. The molecule has 0 radical (unpaired) electrons. The summed E-state index contributed by atoms with van der Waals surface area (Å²) in [6.07, 6.45) is -0.0464. The Labute approximate surface area is 123 Å². The third-order valence-corrected chi connectivity index (χ3v) is 3.39. The van der Waals surface area contributed by atoms with Gasteiger partial charge in [0, 0.05) is 18.4 Å². The number of hydrogen-bond donors (Lipinski definition) is 1. The van der Waals surface area contributed by atoms with Crippen LogP contribution in [0.2, 0.25) is 0 Å². The number of carbonyl (C=O) groups is 1. The number of halogens is 1. The van der Waals surface area contributed by atoms with E-state index < -0.39 is 0 Å². The van der Waals surface area contributed by atoms with Gasteiger partial charge in [0.2, 0.25) is 0 Å². The zero-order valence-corrected chi connectivity index (χ0v) is 12.3. The average Bonchev–Trinajstić information content (AvgIpc) is 2.49. The summed E-state index contributed by atoms with van der Waals surface area (Å²) >= 11 is 0. The van der Waals surface area contributed by atoms with Crippen molar-refractivity contribution in [2.24, 2.45) is 0 Å². The zero-order valence-electron chi connectivity index (χ0n) is 12.3. The van der Waals surface area contributed by atoms with Gasteiger partial charge >= 0.3 is 0 Å². The molecule has 1 amide bonds. The summed E-state index contributed by atoms with van der Waals surface area (Å²) in [5.74, 6) is -0.581. The van der Waals surface area contributed by atoms with E-state index >= 15 is 0 Å². The number of aryl methyl sites for hydroxylation is 1. The van der Waals surface area contributed by atoms with Gasteiger partial charge in [-0.15, -0.1) is 0 Å². The van der Waals surface area contributed by atoms with Crippen LogP contribution in [0, 0.1) is 12.7 Å². The minimum Gasteiger partial charge on any atom is -0.377 e. The van der Waals surface area contributed by atoms with Crippen molar-refractivity contribution in [2.45, 2.75) is 20.0 Å². The number of anilines is 1. The van der Waals surface area contributed by atoms with Crippen LogP contribution in [0.3, 0.4) is 0 Å². The van der Waals surface area contributed by atoms with E-state index in [9.17, 15) is 9.18 Å². The first-order chi connectivity index (χ1) is 10.0. The van der Waals surface area contributed by atoms with E-state index in [2.05, 4.69) is 5.32 Å². The summed E-state index contributed by atoms with van der Waals surface area (Å²) in [6, 6.07) is 11.8. The largest absolute Gasteiger partial charge is 0.377 e. The fourth-order valence-corrected chi connectivity index (χ4v) is 1.99. The molecule has 0 aliphatic rings. The number of amides is 1. The molecule has 4 heteroatoms. The highest BCUT2D eigenvalue weighted by Crippen LogP contribution is 2.20. The van der Waals surface area contributed by atoms with Gasteiger partial charge in [-0.05, 0) is 55.3 Å². The summed E-state index contributed by atoms with van der Waals surface area (Å²) in [4.78, 5) is 12.2. The van der Waals surface area contributed by atoms with Crippen LogP contribution in [0.25, 0.3) is 0 Å². The normalized spacial score (nSPS) is 12.0. The summed E-state index contributed by atoms with van der Waals surface area (Å²) in [6.45, 7) is 3.57. The monoisotopic (exact) mass is 287 g/mol. The number of methoxy groups -OCH3 is 1. The molecular weight excluding hydrogens is 269 g/mol. The van der Waals surface area contributed by atoms with Crippen molar-refractivity contribution in [3.63, 3.8) is 0 Å². The third kappa shape index (κ3) is 3.67. The number of benzene rings is 2. The molecule has 0 spiro atoms. The molecule has 2 aromatic carbocycles. The lowest BCUT2D eigenvalue weighted by atomic mass is 10.1. The van der Waals surface area contributed by atoms with Crippen molar-refractivity contribution >= 4 is 11.6 Å². The molecule has 0 saturated carbocycles. The third-order valence-electron chi connectivity index (χ3n) is 3.39. The molecule has 1 unspecified atom stereocenters. The lowest BCUT2D eigenvalue weighted by molar-refractivity contribution is 0.102. The van der Waals surface area contributed by atoms with Crippen LogP contribution in [0.4, 0.5) is 10.1 Å². The first kappa shape index (κ1) is 15.2. The maximum absolute atomic E-state index is 13.2. The van der Waals surface area contributed by atoms with Crippen LogP contribution < -0.4 is 5.32 Å². The quantitative estimate of drug-likeness (QED) is 0.919. The molecule has 1 atom stereocenters.